The molecule has 29 heavy (non-hydrogen) atoms. The molecule has 148 valence electrons. The number of likely N-dealkylation sites (N-methyl/N-ethyl adjacent to an activating group) is 1. The number of thioether (sulfide) groups is 1. The third-order valence-corrected chi connectivity index (χ3v) is 5.87. The second-order valence-corrected chi connectivity index (χ2v) is 8.11. The molecule has 3 aromatic carbocycles. The maximum atomic E-state index is 13.0. The molecule has 0 aliphatic heterocycles. The van der Waals surface area contributed by atoms with Gasteiger partial charge in [-0.25, -0.2) is 4.98 Å². The SMILES string of the molecule is CSCc1nc2ccccc2n1CC(=O)N(C)CCc1cccc2ccccc12. The summed E-state index contributed by atoms with van der Waals surface area (Å²) in [6, 6.07) is 22.8. The maximum absolute atomic E-state index is 13.0. The standard InChI is InChI=1S/C24H25N3OS/c1-26(15-14-19-10-7-9-18-8-3-4-11-20(18)19)24(28)16-27-22-13-6-5-12-21(22)25-23(27)17-29-2/h3-13H,14-17H2,1-2H3. The van der Waals surface area contributed by atoms with E-state index in [1.807, 2.05) is 36.2 Å². The number of nitrogens with zero attached hydrogens (tertiary/aromatic N) is 3. The highest BCUT2D eigenvalue weighted by atomic mass is 32.2. The molecule has 1 amide bonds. The maximum Gasteiger partial charge on any atom is 0.242 e. The van der Waals surface area contributed by atoms with Crippen molar-refractivity contribution in [2.24, 2.45) is 0 Å². The fraction of sp³-hybridized carbons (Fsp3) is 0.250. The van der Waals surface area contributed by atoms with E-state index in [4.69, 9.17) is 4.98 Å². The van der Waals surface area contributed by atoms with Gasteiger partial charge in [0.25, 0.3) is 0 Å². The van der Waals surface area contributed by atoms with Gasteiger partial charge in [0.05, 0.1) is 16.8 Å². The topological polar surface area (TPSA) is 38.1 Å². The van der Waals surface area contributed by atoms with Gasteiger partial charge in [-0.3, -0.25) is 4.79 Å². The summed E-state index contributed by atoms with van der Waals surface area (Å²) in [4.78, 5) is 19.5. The minimum atomic E-state index is 0.107. The normalized spacial score (nSPS) is 11.2. The van der Waals surface area contributed by atoms with E-state index in [1.54, 1.807) is 11.8 Å². The summed E-state index contributed by atoms with van der Waals surface area (Å²) in [6.07, 6.45) is 2.90. The molecule has 0 aliphatic carbocycles. The second kappa shape index (κ2) is 8.70. The van der Waals surface area contributed by atoms with Gasteiger partial charge in [-0.1, -0.05) is 54.6 Å². The molecule has 0 radical (unpaired) electrons. The molecular formula is C24H25N3OS. The summed E-state index contributed by atoms with van der Waals surface area (Å²) in [7, 11) is 1.89. The lowest BCUT2D eigenvalue weighted by molar-refractivity contribution is -0.130. The molecule has 4 rings (SSSR count). The van der Waals surface area contributed by atoms with Crippen LogP contribution in [0.4, 0.5) is 0 Å². The second-order valence-electron chi connectivity index (χ2n) is 7.24. The predicted octanol–water partition coefficient (Wildman–Crippen LogP) is 4.75. The molecule has 4 nitrogen and oxygen atoms in total. The molecule has 1 aromatic heterocycles. The molecule has 0 fully saturated rings. The van der Waals surface area contributed by atoms with Gasteiger partial charge in [0.1, 0.15) is 12.4 Å². The van der Waals surface area contributed by atoms with Crippen LogP contribution in [0.15, 0.2) is 66.7 Å². The largest absolute Gasteiger partial charge is 0.344 e. The lowest BCUT2D eigenvalue weighted by atomic mass is 10.0. The summed E-state index contributed by atoms with van der Waals surface area (Å²) in [6.45, 7) is 1.01. The first-order valence-electron chi connectivity index (χ1n) is 9.81. The summed E-state index contributed by atoms with van der Waals surface area (Å²) < 4.78 is 2.06. The van der Waals surface area contributed by atoms with Crippen LogP contribution in [0, 0.1) is 0 Å². The minimum absolute atomic E-state index is 0.107. The molecule has 1 heterocycles. The highest BCUT2D eigenvalue weighted by molar-refractivity contribution is 7.97. The van der Waals surface area contributed by atoms with Crippen molar-refractivity contribution in [2.45, 2.75) is 18.7 Å². The Morgan fingerprint density at radius 1 is 1.03 bits per heavy atom. The number of rotatable bonds is 7. The van der Waals surface area contributed by atoms with Gasteiger partial charge in [-0.15, -0.1) is 0 Å². The molecule has 0 N–H and O–H groups in total. The summed E-state index contributed by atoms with van der Waals surface area (Å²) in [5.41, 5.74) is 3.24. The van der Waals surface area contributed by atoms with Crippen LogP contribution in [0.1, 0.15) is 11.4 Å². The molecule has 0 aliphatic rings. The van der Waals surface area contributed by atoms with Crippen molar-refractivity contribution < 1.29 is 4.79 Å². The minimum Gasteiger partial charge on any atom is -0.344 e. The average molecular weight is 404 g/mol. The summed E-state index contributed by atoms with van der Waals surface area (Å²) >= 11 is 1.72. The number of para-hydroxylation sites is 2. The van der Waals surface area contributed by atoms with Gasteiger partial charge in [-0.2, -0.15) is 11.8 Å². The molecule has 0 saturated carbocycles. The molecule has 0 unspecified atom stereocenters. The molecular weight excluding hydrogens is 378 g/mol. The van der Waals surface area contributed by atoms with E-state index in [0.717, 1.165) is 29.0 Å². The predicted molar refractivity (Wildman–Crippen MR) is 122 cm³/mol. The first kappa shape index (κ1) is 19.5. The molecule has 4 aromatic rings. The van der Waals surface area contributed by atoms with E-state index in [9.17, 15) is 4.79 Å². The number of amides is 1. The van der Waals surface area contributed by atoms with Gasteiger partial charge in [-0.05, 0) is 41.1 Å². The van der Waals surface area contributed by atoms with Crippen LogP contribution < -0.4 is 0 Å². The zero-order valence-electron chi connectivity index (χ0n) is 16.8. The molecule has 0 saturated heterocycles. The number of hydrogen-bond acceptors (Lipinski definition) is 3. The third-order valence-electron chi connectivity index (χ3n) is 5.32. The lowest BCUT2D eigenvalue weighted by Crippen LogP contribution is -2.32. The van der Waals surface area contributed by atoms with Crippen LogP contribution in [0.2, 0.25) is 0 Å². The Bertz CT molecular complexity index is 1150. The Morgan fingerprint density at radius 2 is 1.79 bits per heavy atom. The Morgan fingerprint density at radius 3 is 2.66 bits per heavy atom. The van der Waals surface area contributed by atoms with Crippen LogP contribution in [-0.2, 0) is 23.5 Å². The Labute approximate surface area is 175 Å². The molecule has 0 spiro atoms. The number of fused-ring (bicyclic) bond motifs is 2. The lowest BCUT2D eigenvalue weighted by Gasteiger charge is -2.19. The fourth-order valence-electron chi connectivity index (χ4n) is 3.72. The number of carbonyl (C=O) groups is 1. The number of imidazole rings is 1. The van der Waals surface area contributed by atoms with Crippen LogP contribution in [0.3, 0.4) is 0 Å². The number of benzene rings is 3. The van der Waals surface area contributed by atoms with Crippen molar-refractivity contribution in [1.29, 1.82) is 0 Å². The van der Waals surface area contributed by atoms with Crippen LogP contribution in [0.25, 0.3) is 21.8 Å². The van der Waals surface area contributed by atoms with Gasteiger partial charge in [0.2, 0.25) is 5.91 Å². The van der Waals surface area contributed by atoms with E-state index in [-0.39, 0.29) is 5.91 Å². The van der Waals surface area contributed by atoms with Gasteiger partial charge in [0, 0.05) is 13.6 Å². The van der Waals surface area contributed by atoms with Crippen molar-refractivity contribution in [2.75, 3.05) is 19.8 Å². The first-order chi connectivity index (χ1) is 14.2. The Hall–Kier alpha value is -2.79. The van der Waals surface area contributed by atoms with Gasteiger partial charge in [0.15, 0.2) is 0 Å². The van der Waals surface area contributed by atoms with E-state index in [1.165, 1.54) is 16.3 Å². The van der Waals surface area contributed by atoms with Gasteiger partial charge >= 0.3 is 0 Å². The summed E-state index contributed by atoms with van der Waals surface area (Å²) in [5.74, 6) is 1.85. The van der Waals surface area contributed by atoms with Crippen LogP contribution >= 0.6 is 11.8 Å². The van der Waals surface area contributed by atoms with Crippen molar-refractivity contribution >= 4 is 39.5 Å². The Balaban J connectivity index is 1.49. The van der Waals surface area contributed by atoms with Crippen molar-refractivity contribution in [3.63, 3.8) is 0 Å². The van der Waals surface area contributed by atoms with E-state index < -0.39 is 0 Å². The molecule has 0 bridgehead atoms. The third kappa shape index (κ3) is 4.15. The van der Waals surface area contributed by atoms with Crippen LogP contribution in [0.5, 0.6) is 0 Å². The highest BCUT2D eigenvalue weighted by Gasteiger charge is 2.16. The van der Waals surface area contributed by atoms with E-state index >= 15 is 0 Å². The molecule has 0 atom stereocenters. The number of carbonyl (C=O) groups excluding carboxylic acids is 1. The zero-order chi connectivity index (χ0) is 20.2. The van der Waals surface area contributed by atoms with Crippen molar-refractivity contribution in [1.82, 2.24) is 14.5 Å². The van der Waals surface area contributed by atoms with Crippen molar-refractivity contribution in [3.05, 3.63) is 78.1 Å². The van der Waals surface area contributed by atoms with Gasteiger partial charge < -0.3 is 9.47 Å². The quantitative estimate of drug-likeness (QED) is 0.447. The van der Waals surface area contributed by atoms with E-state index in [0.29, 0.717) is 13.1 Å². The fourth-order valence-corrected chi connectivity index (χ4v) is 4.20. The average Bonchev–Trinajstić information content (AvgIpc) is 3.09. The summed E-state index contributed by atoms with van der Waals surface area (Å²) in [5, 5.41) is 2.50. The Kier molecular flexibility index (Phi) is 5.86. The van der Waals surface area contributed by atoms with E-state index in [2.05, 4.69) is 53.3 Å². The first-order valence-corrected chi connectivity index (χ1v) is 11.2. The monoisotopic (exact) mass is 403 g/mol. The highest BCUT2D eigenvalue weighted by Crippen LogP contribution is 2.20. The number of aromatic nitrogens is 2. The smallest absolute Gasteiger partial charge is 0.242 e. The molecule has 5 heteroatoms. The van der Waals surface area contributed by atoms with Crippen LogP contribution in [-0.4, -0.2) is 40.2 Å². The number of hydrogen-bond donors (Lipinski definition) is 0. The van der Waals surface area contributed by atoms with Crippen molar-refractivity contribution in [3.8, 4) is 0 Å². The zero-order valence-corrected chi connectivity index (χ0v) is 17.7.